The van der Waals surface area contributed by atoms with Crippen LogP contribution in [0.4, 0.5) is 5.82 Å². The number of halogens is 2. The van der Waals surface area contributed by atoms with E-state index in [-0.39, 0.29) is 49.1 Å². The molecule has 0 radical (unpaired) electrons. The number of nitrogens with one attached hydrogen (secondary N) is 1. The molecule has 0 spiro atoms. The summed E-state index contributed by atoms with van der Waals surface area (Å²) in [4.78, 5) is 37.3. The van der Waals surface area contributed by atoms with Crippen molar-refractivity contribution in [2.75, 3.05) is 37.6 Å². The van der Waals surface area contributed by atoms with E-state index >= 15 is 0 Å². The van der Waals surface area contributed by atoms with Crippen LogP contribution in [0.25, 0.3) is 11.0 Å². The number of aryl methyl sites for hydroxylation is 2. The molecule has 1 aliphatic rings. The van der Waals surface area contributed by atoms with Gasteiger partial charge in [-0.3, -0.25) is 14.3 Å². The third kappa shape index (κ3) is 5.50. The molecule has 0 aliphatic carbocycles. The SMILES string of the molecule is Cc1nc(N2CCN(C(=O)CNC(=O)[C@@H](N)C(C)C)CC2)c2cnn(C)c2n1.Cl.Cl. The van der Waals surface area contributed by atoms with Crippen molar-refractivity contribution in [2.24, 2.45) is 18.7 Å². The van der Waals surface area contributed by atoms with Crippen LogP contribution in [0.1, 0.15) is 19.7 Å². The second kappa shape index (κ2) is 10.7. The molecule has 3 N–H and O–H groups in total. The van der Waals surface area contributed by atoms with Crippen molar-refractivity contribution in [3.8, 4) is 0 Å². The van der Waals surface area contributed by atoms with E-state index in [1.807, 2.05) is 27.8 Å². The number of rotatable bonds is 5. The quantitative estimate of drug-likeness (QED) is 0.655. The van der Waals surface area contributed by atoms with Gasteiger partial charge in [0, 0.05) is 33.2 Å². The molecule has 10 nitrogen and oxygen atoms in total. The van der Waals surface area contributed by atoms with Gasteiger partial charge in [0.25, 0.3) is 0 Å². The van der Waals surface area contributed by atoms with Crippen LogP contribution in [0.5, 0.6) is 0 Å². The minimum atomic E-state index is -0.604. The summed E-state index contributed by atoms with van der Waals surface area (Å²) in [5, 5.41) is 7.82. The minimum absolute atomic E-state index is 0. The Labute approximate surface area is 188 Å². The number of nitrogens with zero attached hydrogens (tertiary/aromatic N) is 6. The van der Waals surface area contributed by atoms with Crippen molar-refractivity contribution in [1.82, 2.24) is 30.0 Å². The van der Waals surface area contributed by atoms with Crippen molar-refractivity contribution < 1.29 is 9.59 Å². The van der Waals surface area contributed by atoms with Gasteiger partial charge in [-0.2, -0.15) is 5.10 Å². The third-order valence-electron chi connectivity index (χ3n) is 5.05. The van der Waals surface area contributed by atoms with E-state index in [9.17, 15) is 9.59 Å². The lowest BCUT2D eigenvalue weighted by Gasteiger charge is -2.35. The van der Waals surface area contributed by atoms with Crippen molar-refractivity contribution in [3.63, 3.8) is 0 Å². The van der Waals surface area contributed by atoms with Crippen LogP contribution in [0.15, 0.2) is 6.20 Å². The Kier molecular flexibility index (Phi) is 9.26. The molecule has 1 saturated heterocycles. The van der Waals surface area contributed by atoms with Gasteiger partial charge in [0.15, 0.2) is 5.65 Å². The minimum Gasteiger partial charge on any atom is -0.352 e. The highest BCUT2D eigenvalue weighted by atomic mass is 35.5. The largest absolute Gasteiger partial charge is 0.352 e. The maximum atomic E-state index is 12.4. The fraction of sp³-hybridized carbons (Fsp3) is 0.611. The Balaban J connectivity index is 0.00000225. The summed E-state index contributed by atoms with van der Waals surface area (Å²) in [6.45, 7) is 8.03. The normalized spacial score (nSPS) is 14.9. The number of piperazine rings is 1. The fourth-order valence-electron chi connectivity index (χ4n) is 3.22. The van der Waals surface area contributed by atoms with E-state index in [1.165, 1.54) is 0 Å². The topological polar surface area (TPSA) is 122 Å². The highest BCUT2D eigenvalue weighted by Crippen LogP contribution is 2.24. The highest BCUT2D eigenvalue weighted by Gasteiger charge is 2.25. The monoisotopic (exact) mass is 460 g/mol. The number of aromatic nitrogens is 4. The first-order chi connectivity index (χ1) is 13.3. The number of fused-ring (bicyclic) bond motifs is 1. The maximum Gasteiger partial charge on any atom is 0.242 e. The Bertz CT molecular complexity index is 880. The molecule has 30 heavy (non-hydrogen) atoms. The number of amides is 2. The maximum absolute atomic E-state index is 12.4. The van der Waals surface area contributed by atoms with Crippen molar-refractivity contribution in [1.29, 1.82) is 0 Å². The molecule has 12 heteroatoms. The zero-order chi connectivity index (χ0) is 20.4. The van der Waals surface area contributed by atoms with Crippen LogP contribution in [0.3, 0.4) is 0 Å². The molecule has 1 fully saturated rings. The second-order valence-corrected chi connectivity index (χ2v) is 7.46. The summed E-state index contributed by atoms with van der Waals surface area (Å²) in [5.41, 5.74) is 6.60. The molecule has 1 aliphatic heterocycles. The van der Waals surface area contributed by atoms with Gasteiger partial charge in [-0.15, -0.1) is 24.8 Å². The Morgan fingerprint density at radius 1 is 1.17 bits per heavy atom. The first-order valence-corrected chi connectivity index (χ1v) is 9.50. The van der Waals surface area contributed by atoms with Gasteiger partial charge in [0.2, 0.25) is 11.8 Å². The molecule has 2 amide bonds. The zero-order valence-corrected chi connectivity index (χ0v) is 19.3. The second-order valence-electron chi connectivity index (χ2n) is 7.46. The average Bonchev–Trinajstić information content (AvgIpc) is 3.05. The van der Waals surface area contributed by atoms with Gasteiger partial charge in [0.05, 0.1) is 24.2 Å². The average molecular weight is 461 g/mol. The summed E-state index contributed by atoms with van der Waals surface area (Å²) in [7, 11) is 1.86. The third-order valence-corrected chi connectivity index (χ3v) is 5.05. The molecule has 0 saturated carbocycles. The van der Waals surface area contributed by atoms with Gasteiger partial charge in [0.1, 0.15) is 11.6 Å². The smallest absolute Gasteiger partial charge is 0.242 e. The van der Waals surface area contributed by atoms with Crippen LogP contribution < -0.4 is 16.0 Å². The van der Waals surface area contributed by atoms with E-state index < -0.39 is 6.04 Å². The highest BCUT2D eigenvalue weighted by molar-refractivity contribution is 5.88. The van der Waals surface area contributed by atoms with Crippen molar-refractivity contribution in [2.45, 2.75) is 26.8 Å². The molecule has 3 rings (SSSR count). The lowest BCUT2D eigenvalue weighted by atomic mass is 10.1. The fourth-order valence-corrected chi connectivity index (χ4v) is 3.22. The molecule has 0 unspecified atom stereocenters. The van der Waals surface area contributed by atoms with Gasteiger partial charge >= 0.3 is 0 Å². The first-order valence-electron chi connectivity index (χ1n) is 9.50. The molecule has 1 atom stereocenters. The van der Waals surface area contributed by atoms with Gasteiger partial charge < -0.3 is 20.9 Å². The van der Waals surface area contributed by atoms with Gasteiger partial charge in [-0.25, -0.2) is 9.97 Å². The number of carbonyl (C=O) groups is 2. The number of hydrogen-bond donors (Lipinski definition) is 2. The van der Waals surface area contributed by atoms with E-state index in [0.29, 0.717) is 32.0 Å². The van der Waals surface area contributed by atoms with Gasteiger partial charge in [-0.05, 0) is 12.8 Å². The number of nitrogens with two attached hydrogens (primary N) is 1. The molecule has 2 aromatic heterocycles. The lowest BCUT2D eigenvalue weighted by Crippen LogP contribution is -2.53. The van der Waals surface area contributed by atoms with Gasteiger partial charge in [-0.1, -0.05) is 13.8 Å². The number of hydrogen-bond acceptors (Lipinski definition) is 7. The number of anilines is 1. The molecule has 3 heterocycles. The predicted molar refractivity (Wildman–Crippen MR) is 120 cm³/mol. The van der Waals surface area contributed by atoms with Crippen LogP contribution in [-0.2, 0) is 16.6 Å². The molecule has 0 bridgehead atoms. The van der Waals surface area contributed by atoms with Crippen LogP contribution in [-0.4, -0.2) is 75.2 Å². The lowest BCUT2D eigenvalue weighted by molar-refractivity contribution is -0.133. The van der Waals surface area contributed by atoms with Crippen LogP contribution >= 0.6 is 24.8 Å². The van der Waals surface area contributed by atoms with Crippen LogP contribution in [0, 0.1) is 12.8 Å². The first kappa shape index (κ1) is 25.9. The summed E-state index contributed by atoms with van der Waals surface area (Å²) < 4.78 is 1.73. The van der Waals surface area contributed by atoms with Crippen molar-refractivity contribution >= 4 is 53.5 Å². The summed E-state index contributed by atoms with van der Waals surface area (Å²) in [6.07, 6.45) is 1.77. The zero-order valence-electron chi connectivity index (χ0n) is 17.7. The summed E-state index contributed by atoms with van der Waals surface area (Å²) in [6, 6.07) is -0.604. The van der Waals surface area contributed by atoms with Crippen molar-refractivity contribution in [3.05, 3.63) is 12.0 Å². The Morgan fingerprint density at radius 3 is 2.40 bits per heavy atom. The predicted octanol–water partition coefficient (Wildman–Crippen LogP) is 0.263. The standard InChI is InChI=1S/C18H28N8O2.2ClH/c1-11(2)15(19)18(28)20-10-14(27)25-5-7-26(8-6-25)17-13-9-21-24(4)16(13)22-12(3)23-17;;/h9,11,15H,5-8,10,19H2,1-4H3,(H,20,28);2*1H/t15-;;/m0../s1. The molecule has 0 aromatic carbocycles. The number of carbonyl (C=O) groups excluding carboxylic acids is 2. The van der Waals surface area contributed by atoms with Crippen LogP contribution in [0.2, 0.25) is 0 Å². The molecular formula is C18H30Cl2N8O2. The van der Waals surface area contributed by atoms with E-state index in [4.69, 9.17) is 5.73 Å². The molecule has 168 valence electrons. The van der Waals surface area contributed by atoms with E-state index in [2.05, 4.69) is 25.3 Å². The van der Waals surface area contributed by atoms with E-state index in [0.717, 1.165) is 16.9 Å². The molecule has 2 aromatic rings. The summed E-state index contributed by atoms with van der Waals surface area (Å²) >= 11 is 0. The van der Waals surface area contributed by atoms with E-state index in [1.54, 1.807) is 15.8 Å². The Hall–Kier alpha value is -2.17. The Morgan fingerprint density at radius 2 is 1.80 bits per heavy atom. The summed E-state index contributed by atoms with van der Waals surface area (Å²) in [5.74, 6) is 1.17. The molecular weight excluding hydrogens is 431 g/mol.